The van der Waals surface area contributed by atoms with Crippen molar-refractivity contribution in [1.29, 1.82) is 0 Å². The number of imidazole rings is 1. The summed E-state index contributed by atoms with van der Waals surface area (Å²) in [6.45, 7) is 2.39. The predicted molar refractivity (Wildman–Crippen MR) is 73.0 cm³/mol. The largest absolute Gasteiger partial charge is 0.377 e. The van der Waals surface area contributed by atoms with Gasteiger partial charge in [0.1, 0.15) is 23.4 Å². The molecule has 1 atom stereocenters. The summed E-state index contributed by atoms with van der Waals surface area (Å²) in [5.41, 5.74) is 0. The van der Waals surface area contributed by atoms with Crippen LogP contribution < -0.4 is 5.32 Å². The Morgan fingerprint density at radius 3 is 2.95 bits per heavy atom. The minimum absolute atomic E-state index is 0.0522. The van der Waals surface area contributed by atoms with Crippen LogP contribution in [0.15, 0.2) is 18.5 Å². The van der Waals surface area contributed by atoms with Crippen molar-refractivity contribution in [3.05, 3.63) is 35.3 Å². The van der Waals surface area contributed by atoms with Gasteiger partial charge in [0.2, 0.25) is 0 Å². The van der Waals surface area contributed by atoms with Crippen LogP contribution in [0.5, 0.6) is 0 Å². The lowest BCUT2D eigenvalue weighted by molar-refractivity contribution is 0.178. The molecule has 1 unspecified atom stereocenters. The van der Waals surface area contributed by atoms with Gasteiger partial charge in [-0.15, -0.1) is 0 Å². The molecule has 0 bridgehead atoms. The smallest absolute Gasteiger partial charge is 0.158 e. The third kappa shape index (κ3) is 3.65. The summed E-state index contributed by atoms with van der Waals surface area (Å²) in [5, 5.41) is 3.67. The Kier molecular flexibility index (Phi) is 4.70. The van der Waals surface area contributed by atoms with Crippen molar-refractivity contribution in [2.75, 3.05) is 12.4 Å². The minimum Gasteiger partial charge on any atom is -0.377 e. The Bertz CT molecular complexity index is 517. The van der Waals surface area contributed by atoms with Crippen molar-refractivity contribution in [2.24, 2.45) is 0 Å². The number of nitrogens with one attached hydrogen (secondary N) is 2. The number of aromatic nitrogens is 4. The first-order valence-electron chi connectivity index (χ1n) is 6.01. The van der Waals surface area contributed by atoms with Gasteiger partial charge in [0.05, 0.1) is 6.04 Å². The molecule has 0 fully saturated rings. The first kappa shape index (κ1) is 13.8. The van der Waals surface area contributed by atoms with Gasteiger partial charge < -0.3 is 15.0 Å². The summed E-state index contributed by atoms with van der Waals surface area (Å²) in [5.74, 6) is 2.08. The quantitative estimate of drug-likeness (QED) is 0.796. The molecule has 0 saturated carbocycles. The number of rotatable bonds is 6. The molecule has 6 nitrogen and oxygen atoms in total. The molecule has 2 aromatic heterocycles. The Morgan fingerprint density at radius 2 is 2.32 bits per heavy atom. The maximum absolute atomic E-state index is 5.97. The van der Waals surface area contributed by atoms with Crippen LogP contribution in [0.4, 0.5) is 5.82 Å². The number of ether oxygens (including phenoxy) is 1. The second-order valence-electron chi connectivity index (χ2n) is 4.00. The van der Waals surface area contributed by atoms with E-state index in [2.05, 4.69) is 32.2 Å². The fraction of sp³-hybridized carbons (Fsp3) is 0.417. The van der Waals surface area contributed by atoms with Crippen molar-refractivity contribution in [3.8, 4) is 0 Å². The van der Waals surface area contributed by atoms with Crippen molar-refractivity contribution < 1.29 is 4.74 Å². The molecular formula is C12H16ClN5O. The number of aromatic amines is 1. The van der Waals surface area contributed by atoms with Gasteiger partial charge in [0, 0.05) is 25.6 Å². The van der Waals surface area contributed by atoms with Crippen molar-refractivity contribution >= 4 is 17.4 Å². The van der Waals surface area contributed by atoms with Crippen LogP contribution in [-0.2, 0) is 11.3 Å². The van der Waals surface area contributed by atoms with E-state index >= 15 is 0 Å². The number of methoxy groups -OCH3 is 1. The summed E-state index contributed by atoms with van der Waals surface area (Å²) < 4.78 is 5.01. The van der Waals surface area contributed by atoms with E-state index < -0.39 is 0 Å². The van der Waals surface area contributed by atoms with Crippen LogP contribution in [0.25, 0.3) is 0 Å². The van der Waals surface area contributed by atoms with Crippen LogP contribution in [0.3, 0.4) is 0 Å². The molecule has 0 saturated heterocycles. The topological polar surface area (TPSA) is 75.7 Å². The number of H-pyrrole nitrogens is 1. The number of nitrogens with zero attached hydrogens (tertiary/aromatic N) is 3. The van der Waals surface area contributed by atoms with Crippen LogP contribution >= 0.6 is 11.6 Å². The van der Waals surface area contributed by atoms with Crippen molar-refractivity contribution in [1.82, 2.24) is 19.9 Å². The van der Waals surface area contributed by atoms with Gasteiger partial charge in [-0.05, 0) is 6.42 Å². The maximum Gasteiger partial charge on any atom is 0.158 e. The van der Waals surface area contributed by atoms with Crippen LogP contribution in [-0.4, -0.2) is 27.0 Å². The highest BCUT2D eigenvalue weighted by Crippen LogP contribution is 2.20. The lowest BCUT2D eigenvalue weighted by Gasteiger charge is -2.15. The molecule has 0 spiro atoms. The van der Waals surface area contributed by atoms with Gasteiger partial charge in [-0.2, -0.15) is 0 Å². The van der Waals surface area contributed by atoms with Gasteiger partial charge >= 0.3 is 0 Å². The van der Waals surface area contributed by atoms with E-state index in [1.165, 1.54) is 0 Å². The van der Waals surface area contributed by atoms with E-state index in [9.17, 15) is 0 Å². The lowest BCUT2D eigenvalue weighted by Crippen LogP contribution is -2.13. The summed E-state index contributed by atoms with van der Waals surface area (Å²) in [4.78, 5) is 15.8. The third-order valence-electron chi connectivity index (χ3n) is 2.59. The predicted octanol–water partition coefficient (Wildman–Crippen LogP) is 2.56. The van der Waals surface area contributed by atoms with Gasteiger partial charge in [-0.1, -0.05) is 18.5 Å². The lowest BCUT2D eigenvalue weighted by atomic mass is 10.2. The summed E-state index contributed by atoms with van der Waals surface area (Å²) in [6, 6.07) is 1.74. The van der Waals surface area contributed by atoms with Gasteiger partial charge in [-0.25, -0.2) is 15.0 Å². The molecule has 0 aliphatic carbocycles. The van der Waals surface area contributed by atoms with Crippen molar-refractivity contribution in [2.45, 2.75) is 26.0 Å². The fourth-order valence-electron chi connectivity index (χ4n) is 1.74. The first-order chi connectivity index (χ1) is 9.22. The molecule has 0 aliphatic rings. The zero-order valence-corrected chi connectivity index (χ0v) is 11.6. The van der Waals surface area contributed by atoms with E-state index in [0.717, 1.165) is 12.2 Å². The maximum atomic E-state index is 5.97. The number of hydrogen-bond acceptors (Lipinski definition) is 5. The van der Waals surface area contributed by atoms with Crippen molar-refractivity contribution in [3.63, 3.8) is 0 Å². The van der Waals surface area contributed by atoms with Crippen LogP contribution in [0.1, 0.15) is 31.0 Å². The van der Waals surface area contributed by atoms with E-state index in [4.69, 9.17) is 16.3 Å². The highest BCUT2D eigenvalue weighted by Gasteiger charge is 2.13. The zero-order valence-electron chi connectivity index (χ0n) is 10.9. The molecule has 2 aromatic rings. The second kappa shape index (κ2) is 6.49. The molecule has 19 heavy (non-hydrogen) atoms. The molecule has 0 radical (unpaired) electrons. The molecule has 102 valence electrons. The average Bonchev–Trinajstić information content (AvgIpc) is 2.89. The Morgan fingerprint density at radius 1 is 1.47 bits per heavy atom. The molecule has 2 rings (SSSR count). The standard InChI is InChI=1S/C12H16ClN5O/c1-3-8(12-14-4-5-15-12)16-10-6-9(13)17-11(18-10)7-19-2/h4-6,8H,3,7H2,1-2H3,(H,14,15)(H,16,17,18). The van der Waals surface area contributed by atoms with Crippen LogP contribution in [0, 0.1) is 0 Å². The summed E-state index contributed by atoms with van der Waals surface area (Å²) in [6.07, 6.45) is 4.39. The van der Waals surface area contributed by atoms with E-state index in [0.29, 0.717) is 23.4 Å². The molecule has 2 N–H and O–H groups in total. The average molecular weight is 282 g/mol. The normalized spacial score (nSPS) is 12.4. The van der Waals surface area contributed by atoms with E-state index in [-0.39, 0.29) is 6.04 Å². The summed E-state index contributed by atoms with van der Waals surface area (Å²) >= 11 is 5.97. The van der Waals surface area contributed by atoms with Crippen LogP contribution in [0.2, 0.25) is 5.15 Å². The number of anilines is 1. The van der Waals surface area contributed by atoms with Gasteiger partial charge in [0.15, 0.2) is 5.82 Å². The second-order valence-corrected chi connectivity index (χ2v) is 4.39. The fourth-order valence-corrected chi connectivity index (χ4v) is 1.94. The Labute approximate surface area is 116 Å². The highest BCUT2D eigenvalue weighted by molar-refractivity contribution is 6.29. The number of halogens is 1. The van der Waals surface area contributed by atoms with Gasteiger partial charge in [-0.3, -0.25) is 0 Å². The van der Waals surface area contributed by atoms with E-state index in [1.807, 2.05) is 0 Å². The molecule has 7 heteroatoms. The monoisotopic (exact) mass is 281 g/mol. The summed E-state index contributed by atoms with van der Waals surface area (Å²) in [7, 11) is 1.59. The van der Waals surface area contributed by atoms with E-state index in [1.54, 1.807) is 25.6 Å². The molecule has 0 aliphatic heterocycles. The molecule has 0 aromatic carbocycles. The molecule has 0 amide bonds. The van der Waals surface area contributed by atoms with Gasteiger partial charge in [0.25, 0.3) is 0 Å². The third-order valence-corrected chi connectivity index (χ3v) is 2.79. The SMILES string of the molecule is CCC(Nc1cc(Cl)nc(COC)n1)c1ncc[nH]1. The first-order valence-corrected chi connectivity index (χ1v) is 6.39. The highest BCUT2D eigenvalue weighted by atomic mass is 35.5. The minimum atomic E-state index is 0.0522. The number of hydrogen-bond donors (Lipinski definition) is 2. The molecular weight excluding hydrogens is 266 g/mol. The zero-order chi connectivity index (χ0) is 13.7. The Hall–Kier alpha value is -1.66. The Balaban J connectivity index is 2.17. The molecule has 2 heterocycles.